The fourth-order valence-corrected chi connectivity index (χ4v) is 2.48. The summed E-state index contributed by atoms with van der Waals surface area (Å²) < 4.78 is 0. The van der Waals surface area contributed by atoms with Crippen LogP contribution in [0.2, 0.25) is 0 Å². The van der Waals surface area contributed by atoms with Gasteiger partial charge in [0, 0.05) is 23.4 Å². The standard InChI is InChI=1S/C17H19N5O/c1-9-10(2)20-16-7-13(5-6-15(16)19-9)17(23)18-8-14-11(3)21-22-12(14)4/h5-7H,8H2,1-4H3,(H,18,23)(H,21,22). The number of hydrogen-bond acceptors (Lipinski definition) is 4. The van der Waals surface area contributed by atoms with Crippen LogP contribution in [-0.2, 0) is 6.54 Å². The van der Waals surface area contributed by atoms with Crippen molar-refractivity contribution in [1.82, 2.24) is 25.5 Å². The number of carbonyl (C=O) groups excluding carboxylic acids is 1. The molecular weight excluding hydrogens is 290 g/mol. The highest BCUT2D eigenvalue weighted by Crippen LogP contribution is 2.15. The van der Waals surface area contributed by atoms with Crippen LogP contribution in [0.15, 0.2) is 18.2 Å². The van der Waals surface area contributed by atoms with Crippen molar-refractivity contribution in [3.63, 3.8) is 0 Å². The van der Waals surface area contributed by atoms with Crippen LogP contribution in [0.1, 0.15) is 38.7 Å². The second-order valence-electron chi connectivity index (χ2n) is 5.69. The highest BCUT2D eigenvalue weighted by Gasteiger charge is 2.11. The van der Waals surface area contributed by atoms with Gasteiger partial charge in [0.05, 0.1) is 28.1 Å². The number of H-pyrrole nitrogens is 1. The van der Waals surface area contributed by atoms with E-state index in [0.717, 1.165) is 39.4 Å². The molecule has 0 unspecified atom stereocenters. The molecule has 3 rings (SSSR count). The van der Waals surface area contributed by atoms with Crippen LogP contribution in [0.3, 0.4) is 0 Å². The van der Waals surface area contributed by atoms with Crippen LogP contribution in [-0.4, -0.2) is 26.1 Å². The number of amides is 1. The Labute approximate surface area is 134 Å². The normalized spacial score (nSPS) is 11.0. The lowest BCUT2D eigenvalue weighted by Crippen LogP contribution is -2.23. The smallest absolute Gasteiger partial charge is 0.251 e. The molecule has 0 aliphatic rings. The van der Waals surface area contributed by atoms with Crippen LogP contribution in [0, 0.1) is 27.7 Å². The van der Waals surface area contributed by atoms with Crippen LogP contribution >= 0.6 is 0 Å². The Balaban J connectivity index is 1.82. The van der Waals surface area contributed by atoms with Gasteiger partial charge in [-0.05, 0) is 45.9 Å². The van der Waals surface area contributed by atoms with Crippen molar-refractivity contribution in [2.45, 2.75) is 34.2 Å². The Kier molecular flexibility index (Phi) is 3.82. The van der Waals surface area contributed by atoms with Gasteiger partial charge in [-0.3, -0.25) is 9.89 Å². The minimum absolute atomic E-state index is 0.132. The molecule has 2 N–H and O–H groups in total. The summed E-state index contributed by atoms with van der Waals surface area (Å²) in [5, 5.41) is 9.97. The van der Waals surface area contributed by atoms with E-state index in [1.54, 1.807) is 12.1 Å². The van der Waals surface area contributed by atoms with Gasteiger partial charge in [-0.25, -0.2) is 9.97 Å². The SMILES string of the molecule is Cc1nc2ccc(C(=O)NCc3c(C)n[nH]c3C)cc2nc1C. The molecule has 0 radical (unpaired) electrons. The largest absolute Gasteiger partial charge is 0.348 e. The summed E-state index contributed by atoms with van der Waals surface area (Å²) in [7, 11) is 0. The summed E-state index contributed by atoms with van der Waals surface area (Å²) in [6.07, 6.45) is 0. The van der Waals surface area contributed by atoms with Gasteiger partial charge in [0.2, 0.25) is 0 Å². The second kappa shape index (κ2) is 5.79. The summed E-state index contributed by atoms with van der Waals surface area (Å²) in [6, 6.07) is 5.38. The quantitative estimate of drug-likeness (QED) is 0.778. The van der Waals surface area contributed by atoms with E-state index < -0.39 is 0 Å². The van der Waals surface area contributed by atoms with E-state index in [9.17, 15) is 4.79 Å². The fraction of sp³-hybridized carbons (Fsp3) is 0.294. The van der Waals surface area contributed by atoms with Crippen LogP contribution < -0.4 is 5.32 Å². The van der Waals surface area contributed by atoms with Gasteiger partial charge < -0.3 is 5.32 Å². The third kappa shape index (κ3) is 2.92. The molecule has 2 aromatic heterocycles. The van der Waals surface area contributed by atoms with E-state index in [-0.39, 0.29) is 5.91 Å². The van der Waals surface area contributed by atoms with E-state index in [0.29, 0.717) is 12.1 Å². The summed E-state index contributed by atoms with van der Waals surface area (Å²) in [5.41, 5.74) is 6.78. The molecule has 0 spiro atoms. The predicted octanol–water partition coefficient (Wildman–Crippen LogP) is 2.52. The number of nitrogens with zero attached hydrogens (tertiary/aromatic N) is 3. The summed E-state index contributed by atoms with van der Waals surface area (Å²) in [4.78, 5) is 21.3. The van der Waals surface area contributed by atoms with Crippen molar-refractivity contribution in [1.29, 1.82) is 0 Å². The van der Waals surface area contributed by atoms with Gasteiger partial charge in [0.15, 0.2) is 0 Å². The molecule has 2 heterocycles. The van der Waals surface area contributed by atoms with Gasteiger partial charge in [-0.15, -0.1) is 0 Å². The monoisotopic (exact) mass is 309 g/mol. The molecule has 23 heavy (non-hydrogen) atoms. The summed E-state index contributed by atoms with van der Waals surface area (Å²) >= 11 is 0. The number of hydrogen-bond donors (Lipinski definition) is 2. The molecule has 3 aromatic rings. The van der Waals surface area contributed by atoms with Crippen molar-refractivity contribution >= 4 is 16.9 Å². The highest BCUT2D eigenvalue weighted by molar-refractivity contribution is 5.97. The molecule has 1 aromatic carbocycles. The topological polar surface area (TPSA) is 83.6 Å². The minimum atomic E-state index is -0.132. The zero-order valence-corrected chi connectivity index (χ0v) is 13.7. The molecule has 6 heteroatoms. The minimum Gasteiger partial charge on any atom is -0.348 e. The average molecular weight is 309 g/mol. The van der Waals surface area contributed by atoms with Gasteiger partial charge in [0.25, 0.3) is 5.91 Å². The van der Waals surface area contributed by atoms with Crippen molar-refractivity contribution in [3.05, 3.63) is 52.1 Å². The zero-order chi connectivity index (χ0) is 16.6. The van der Waals surface area contributed by atoms with E-state index in [4.69, 9.17) is 0 Å². The average Bonchev–Trinajstić information content (AvgIpc) is 2.84. The lowest BCUT2D eigenvalue weighted by Gasteiger charge is -2.07. The van der Waals surface area contributed by atoms with Crippen molar-refractivity contribution in [3.8, 4) is 0 Å². The second-order valence-corrected chi connectivity index (χ2v) is 5.69. The Morgan fingerprint density at radius 2 is 1.74 bits per heavy atom. The molecular formula is C17H19N5O. The fourth-order valence-electron chi connectivity index (χ4n) is 2.48. The van der Waals surface area contributed by atoms with E-state index in [2.05, 4.69) is 25.5 Å². The molecule has 0 saturated heterocycles. The van der Waals surface area contributed by atoms with E-state index in [1.165, 1.54) is 0 Å². The molecule has 0 saturated carbocycles. The number of aromatic nitrogens is 4. The maximum atomic E-state index is 12.4. The summed E-state index contributed by atoms with van der Waals surface area (Å²) in [5.74, 6) is -0.132. The van der Waals surface area contributed by atoms with Gasteiger partial charge in [0.1, 0.15) is 0 Å². The number of benzene rings is 1. The number of aromatic amines is 1. The molecule has 0 atom stereocenters. The molecule has 0 aliphatic heterocycles. The van der Waals surface area contributed by atoms with Gasteiger partial charge in [-0.1, -0.05) is 0 Å². The van der Waals surface area contributed by atoms with Gasteiger partial charge >= 0.3 is 0 Å². The van der Waals surface area contributed by atoms with E-state index >= 15 is 0 Å². The van der Waals surface area contributed by atoms with Crippen LogP contribution in [0.4, 0.5) is 0 Å². The lowest BCUT2D eigenvalue weighted by molar-refractivity contribution is 0.0951. The van der Waals surface area contributed by atoms with Crippen LogP contribution in [0.25, 0.3) is 11.0 Å². The summed E-state index contributed by atoms with van der Waals surface area (Å²) in [6.45, 7) is 8.15. The van der Waals surface area contributed by atoms with Crippen LogP contribution in [0.5, 0.6) is 0 Å². The first-order chi connectivity index (χ1) is 11.0. The zero-order valence-electron chi connectivity index (χ0n) is 13.7. The predicted molar refractivity (Wildman–Crippen MR) is 88.2 cm³/mol. The number of carbonyl (C=O) groups is 1. The Morgan fingerprint density at radius 1 is 1.04 bits per heavy atom. The number of rotatable bonds is 3. The third-order valence-corrected chi connectivity index (χ3v) is 4.04. The van der Waals surface area contributed by atoms with Crippen molar-refractivity contribution in [2.75, 3.05) is 0 Å². The third-order valence-electron chi connectivity index (χ3n) is 4.04. The Bertz CT molecular complexity index is 878. The highest BCUT2D eigenvalue weighted by atomic mass is 16.1. The molecule has 0 aliphatic carbocycles. The Morgan fingerprint density at radius 3 is 2.39 bits per heavy atom. The molecule has 0 fully saturated rings. The molecule has 118 valence electrons. The van der Waals surface area contributed by atoms with Crippen molar-refractivity contribution in [2.24, 2.45) is 0 Å². The first-order valence-corrected chi connectivity index (χ1v) is 7.49. The molecule has 0 bridgehead atoms. The molecule has 6 nitrogen and oxygen atoms in total. The number of aryl methyl sites for hydroxylation is 4. The van der Waals surface area contributed by atoms with E-state index in [1.807, 2.05) is 33.8 Å². The maximum absolute atomic E-state index is 12.4. The maximum Gasteiger partial charge on any atom is 0.251 e. The Hall–Kier alpha value is -2.76. The first-order valence-electron chi connectivity index (χ1n) is 7.49. The number of fused-ring (bicyclic) bond motifs is 1. The van der Waals surface area contributed by atoms with Gasteiger partial charge in [-0.2, -0.15) is 5.10 Å². The van der Waals surface area contributed by atoms with Crippen molar-refractivity contribution < 1.29 is 4.79 Å². The lowest BCUT2D eigenvalue weighted by atomic mass is 10.1. The first kappa shape index (κ1) is 15.1. The molecule has 1 amide bonds. The number of nitrogens with one attached hydrogen (secondary N) is 2.